The molecule has 0 fully saturated rings. The van der Waals surface area contributed by atoms with Gasteiger partial charge in [-0.05, 0) is 43.7 Å². The van der Waals surface area contributed by atoms with Crippen LogP contribution in [0.2, 0.25) is 0 Å². The number of anilines is 1. The molecule has 2 aromatic carbocycles. The highest BCUT2D eigenvalue weighted by molar-refractivity contribution is 7.92. The van der Waals surface area contributed by atoms with Gasteiger partial charge in [-0.25, -0.2) is 16.8 Å². The molecular weight excluding hydrogens is 428 g/mol. The van der Waals surface area contributed by atoms with Crippen molar-refractivity contribution in [2.45, 2.75) is 24.8 Å². The molecule has 0 aliphatic heterocycles. The molecule has 30 heavy (non-hydrogen) atoms. The Balaban J connectivity index is 2.19. The first-order chi connectivity index (χ1) is 13.9. The van der Waals surface area contributed by atoms with Gasteiger partial charge in [-0.1, -0.05) is 24.3 Å². The number of hydrogen-bond donors (Lipinski definition) is 1. The van der Waals surface area contributed by atoms with Gasteiger partial charge in [-0.2, -0.15) is 0 Å². The Morgan fingerprint density at radius 1 is 1.03 bits per heavy atom. The van der Waals surface area contributed by atoms with E-state index in [0.29, 0.717) is 17.9 Å². The number of ether oxygens (including phenoxy) is 1. The van der Waals surface area contributed by atoms with Crippen LogP contribution in [0, 0.1) is 0 Å². The highest BCUT2D eigenvalue weighted by Crippen LogP contribution is 2.29. The van der Waals surface area contributed by atoms with E-state index < -0.39 is 38.4 Å². The lowest BCUT2D eigenvalue weighted by Crippen LogP contribution is -2.41. The largest absolute Gasteiger partial charge is 0.492 e. The topological polar surface area (TPSA) is 110 Å². The lowest BCUT2D eigenvalue weighted by atomic mass is 10.1. The van der Waals surface area contributed by atoms with Gasteiger partial charge < -0.3 is 10.1 Å². The van der Waals surface area contributed by atoms with Crippen LogP contribution in [0.4, 0.5) is 5.69 Å². The van der Waals surface area contributed by atoms with Gasteiger partial charge >= 0.3 is 0 Å². The summed E-state index contributed by atoms with van der Waals surface area (Å²) in [6.45, 7) is 3.44. The average molecular weight is 455 g/mol. The van der Waals surface area contributed by atoms with Crippen LogP contribution in [0.3, 0.4) is 0 Å². The van der Waals surface area contributed by atoms with Gasteiger partial charge in [-0.3, -0.25) is 9.10 Å². The number of sulfone groups is 1. The normalized spacial score (nSPS) is 12.8. The van der Waals surface area contributed by atoms with Gasteiger partial charge in [0.05, 0.1) is 29.5 Å². The fourth-order valence-corrected chi connectivity index (χ4v) is 4.32. The maximum Gasteiger partial charge on any atom is 0.241 e. The Hall–Kier alpha value is -2.59. The van der Waals surface area contributed by atoms with Crippen LogP contribution < -0.4 is 14.4 Å². The second kappa shape index (κ2) is 9.48. The van der Waals surface area contributed by atoms with E-state index in [1.165, 1.54) is 12.1 Å². The molecule has 0 aliphatic carbocycles. The number of benzene rings is 2. The summed E-state index contributed by atoms with van der Waals surface area (Å²) in [6.07, 6.45) is 2.14. The molecule has 0 spiro atoms. The molecule has 8 nitrogen and oxygen atoms in total. The quantitative estimate of drug-likeness (QED) is 0.622. The summed E-state index contributed by atoms with van der Waals surface area (Å²) in [5, 5.41) is 2.74. The van der Waals surface area contributed by atoms with Crippen molar-refractivity contribution in [3.63, 3.8) is 0 Å². The molecule has 10 heteroatoms. The minimum absolute atomic E-state index is 0.181. The van der Waals surface area contributed by atoms with Crippen LogP contribution in [0.1, 0.15) is 25.5 Å². The molecular formula is C20H26N2O6S2. The van der Waals surface area contributed by atoms with E-state index in [0.717, 1.165) is 16.8 Å². The zero-order valence-electron chi connectivity index (χ0n) is 17.3. The molecule has 0 saturated carbocycles. The van der Waals surface area contributed by atoms with E-state index >= 15 is 0 Å². The molecule has 164 valence electrons. The average Bonchev–Trinajstić information content (AvgIpc) is 2.65. The monoisotopic (exact) mass is 454 g/mol. The van der Waals surface area contributed by atoms with Crippen LogP contribution in [0.5, 0.6) is 5.75 Å². The van der Waals surface area contributed by atoms with Crippen molar-refractivity contribution in [3.8, 4) is 5.75 Å². The van der Waals surface area contributed by atoms with Gasteiger partial charge in [0.15, 0.2) is 9.84 Å². The minimum Gasteiger partial charge on any atom is -0.492 e. The highest BCUT2D eigenvalue weighted by Gasteiger charge is 2.24. The molecule has 1 atom stereocenters. The highest BCUT2D eigenvalue weighted by atomic mass is 32.2. The summed E-state index contributed by atoms with van der Waals surface area (Å²) in [4.78, 5) is 12.8. The number of rotatable bonds is 9. The second-order valence-electron chi connectivity index (χ2n) is 6.80. The van der Waals surface area contributed by atoms with Gasteiger partial charge in [0.2, 0.25) is 15.9 Å². The van der Waals surface area contributed by atoms with Crippen LogP contribution in [-0.4, -0.2) is 48.4 Å². The predicted octanol–water partition coefficient (Wildman–Crippen LogP) is 2.13. The summed E-state index contributed by atoms with van der Waals surface area (Å²) in [5.41, 5.74) is 0.971. The fraction of sp³-hybridized carbons (Fsp3) is 0.350. The molecule has 1 N–H and O–H groups in total. The third-order valence-corrected chi connectivity index (χ3v) is 6.56. The molecule has 0 bridgehead atoms. The Bertz CT molecular complexity index is 1100. The number of hydrogen-bond acceptors (Lipinski definition) is 6. The number of sulfonamides is 1. The van der Waals surface area contributed by atoms with E-state index in [9.17, 15) is 21.6 Å². The Labute approximate surface area is 177 Å². The van der Waals surface area contributed by atoms with Crippen molar-refractivity contribution in [1.82, 2.24) is 5.32 Å². The molecule has 1 amide bonds. The van der Waals surface area contributed by atoms with E-state index in [4.69, 9.17) is 4.74 Å². The second-order valence-corrected chi connectivity index (χ2v) is 10.7. The number of amides is 1. The predicted molar refractivity (Wildman–Crippen MR) is 116 cm³/mol. The summed E-state index contributed by atoms with van der Waals surface area (Å²) < 4.78 is 54.3. The van der Waals surface area contributed by atoms with Crippen molar-refractivity contribution in [2.75, 3.05) is 30.0 Å². The van der Waals surface area contributed by atoms with Gasteiger partial charge in [0.1, 0.15) is 12.3 Å². The molecule has 0 heterocycles. The summed E-state index contributed by atoms with van der Waals surface area (Å²) in [7, 11) is -7.06. The van der Waals surface area contributed by atoms with Crippen LogP contribution >= 0.6 is 0 Å². The number of nitrogens with one attached hydrogen (secondary N) is 1. The van der Waals surface area contributed by atoms with E-state index in [1.54, 1.807) is 50.2 Å². The minimum atomic E-state index is -3.75. The van der Waals surface area contributed by atoms with Crippen LogP contribution in [0.15, 0.2) is 53.4 Å². The Morgan fingerprint density at radius 3 is 2.17 bits per heavy atom. The number of carbonyl (C=O) groups excluding carboxylic acids is 1. The van der Waals surface area contributed by atoms with E-state index in [2.05, 4.69) is 5.32 Å². The first-order valence-electron chi connectivity index (χ1n) is 9.22. The lowest BCUT2D eigenvalue weighted by molar-refractivity contribution is -0.120. The third-order valence-electron chi connectivity index (χ3n) is 4.31. The van der Waals surface area contributed by atoms with E-state index in [-0.39, 0.29) is 10.6 Å². The number of nitrogens with zero attached hydrogens (tertiary/aromatic N) is 1. The van der Waals surface area contributed by atoms with Crippen molar-refractivity contribution >= 4 is 31.5 Å². The SMILES string of the molecule is CCOc1ccccc1N(CC(=O)N[C@@H](C)c1ccc(S(C)(=O)=O)cc1)S(C)(=O)=O. The summed E-state index contributed by atoms with van der Waals surface area (Å²) in [5.74, 6) is -0.144. The third kappa shape index (κ3) is 6.20. The Kier molecular flexibility index (Phi) is 7.49. The van der Waals surface area contributed by atoms with Crippen LogP contribution in [0.25, 0.3) is 0 Å². The first-order valence-corrected chi connectivity index (χ1v) is 13.0. The number of para-hydroxylation sites is 2. The van der Waals surface area contributed by atoms with Crippen molar-refractivity contribution in [2.24, 2.45) is 0 Å². The van der Waals surface area contributed by atoms with E-state index in [1.807, 2.05) is 0 Å². The van der Waals surface area contributed by atoms with Gasteiger partial charge in [0.25, 0.3) is 0 Å². The molecule has 2 aromatic rings. The van der Waals surface area contributed by atoms with Gasteiger partial charge in [0, 0.05) is 6.26 Å². The maximum absolute atomic E-state index is 12.6. The fourth-order valence-electron chi connectivity index (χ4n) is 2.83. The smallest absolute Gasteiger partial charge is 0.241 e. The standard InChI is InChI=1S/C20H26N2O6S2/c1-5-28-19-9-7-6-8-18(19)22(30(4,26)27)14-20(23)21-15(2)16-10-12-17(13-11-16)29(3,24)25/h6-13,15H,5,14H2,1-4H3,(H,21,23)/t15-/m0/s1. The first kappa shape index (κ1) is 23.7. The van der Waals surface area contributed by atoms with Crippen LogP contribution in [-0.2, 0) is 24.7 Å². The van der Waals surface area contributed by atoms with Crippen molar-refractivity contribution < 1.29 is 26.4 Å². The molecule has 0 aliphatic rings. The molecule has 0 radical (unpaired) electrons. The van der Waals surface area contributed by atoms with Crippen molar-refractivity contribution in [1.29, 1.82) is 0 Å². The number of carbonyl (C=O) groups is 1. The maximum atomic E-state index is 12.6. The Morgan fingerprint density at radius 2 is 1.63 bits per heavy atom. The van der Waals surface area contributed by atoms with Gasteiger partial charge in [-0.15, -0.1) is 0 Å². The molecule has 0 unspecified atom stereocenters. The summed E-state index contributed by atoms with van der Waals surface area (Å²) >= 11 is 0. The lowest BCUT2D eigenvalue weighted by Gasteiger charge is -2.25. The zero-order valence-corrected chi connectivity index (χ0v) is 19.0. The molecule has 0 aromatic heterocycles. The molecule has 2 rings (SSSR count). The molecule has 0 saturated heterocycles. The summed E-state index contributed by atoms with van der Waals surface area (Å²) in [6, 6.07) is 12.3. The zero-order chi connectivity index (χ0) is 22.5. The van der Waals surface area contributed by atoms with Crippen molar-refractivity contribution in [3.05, 3.63) is 54.1 Å².